The van der Waals surface area contributed by atoms with Crippen molar-refractivity contribution in [3.8, 4) is 11.5 Å². The number of benzene rings is 2. The smallest absolute Gasteiger partial charge is 0.258 e. The molecule has 0 radical (unpaired) electrons. The van der Waals surface area contributed by atoms with Crippen LogP contribution in [0.1, 0.15) is 31.2 Å². The van der Waals surface area contributed by atoms with Crippen LogP contribution in [0.2, 0.25) is 10.0 Å². The van der Waals surface area contributed by atoms with Crippen molar-refractivity contribution < 1.29 is 23.5 Å². The fourth-order valence-electron chi connectivity index (χ4n) is 5.43. The SMILES string of the molecule is O=C(COc1ccc(Cl)c(F)c1)NC12CC(CC(=O)C3COc4cc(Cl)ccc4C3)(C1)C2. The molecule has 32 heavy (non-hydrogen) atoms. The zero-order valence-electron chi connectivity index (χ0n) is 17.3. The first-order valence-corrected chi connectivity index (χ1v) is 11.3. The maximum Gasteiger partial charge on any atom is 0.258 e. The fourth-order valence-corrected chi connectivity index (χ4v) is 5.71. The molecule has 0 saturated heterocycles. The van der Waals surface area contributed by atoms with Crippen LogP contribution in [-0.4, -0.2) is 30.4 Å². The van der Waals surface area contributed by atoms with E-state index in [1.807, 2.05) is 12.1 Å². The summed E-state index contributed by atoms with van der Waals surface area (Å²) in [6, 6.07) is 9.58. The average molecular weight is 478 g/mol. The van der Waals surface area contributed by atoms with E-state index >= 15 is 0 Å². The molecule has 1 heterocycles. The second-order valence-corrected chi connectivity index (χ2v) is 10.2. The summed E-state index contributed by atoms with van der Waals surface area (Å²) >= 11 is 11.6. The number of hydrogen-bond acceptors (Lipinski definition) is 4. The zero-order valence-corrected chi connectivity index (χ0v) is 18.8. The second kappa shape index (κ2) is 7.92. The van der Waals surface area contributed by atoms with E-state index in [1.165, 1.54) is 12.1 Å². The molecule has 1 atom stereocenters. The third-order valence-corrected chi connectivity index (χ3v) is 7.29. The Morgan fingerprint density at radius 2 is 1.94 bits per heavy atom. The third kappa shape index (κ3) is 4.06. The molecule has 4 aliphatic rings. The van der Waals surface area contributed by atoms with Gasteiger partial charge in [-0.15, -0.1) is 0 Å². The number of carbonyl (C=O) groups excluding carboxylic acids is 2. The third-order valence-electron chi connectivity index (χ3n) is 6.75. The zero-order chi connectivity index (χ0) is 22.5. The summed E-state index contributed by atoms with van der Waals surface area (Å²) in [5, 5.41) is 3.65. The Bertz CT molecular complexity index is 1090. The average Bonchev–Trinajstić information content (AvgIpc) is 2.71. The number of halogens is 3. The molecule has 5 nitrogen and oxygen atoms in total. The van der Waals surface area contributed by atoms with Gasteiger partial charge < -0.3 is 14.8 Å². The number of ketones is 1. The maximum absolute atomic E-state index is 13.5. The number of hydrogen-bond donors (Lipinski definition) is 1. The Labute approximate surface area is 195 Å². The molecule has 1 unspecified atom stereocenters. The number of nitrogens with one attached hydrogen (secondary N) is 1. The topological polar surface area (TPSA) is 64.6 Å². The molecule has 2 bridgehead atoms. The van der Waals surface area contributed by atoms with Gasteiger partial charge in [0.15, 0.2) is 6.61 Å². The highest BCUT2D eigenvalue weighted by Crippen LogP contribution is 2.69. The molecule has 2 aromatic carbocycles. The largest absolute Gasteiger partial charge is 0.492 e. The van der Waals surface area contributed by atoms with Gasteiger partial charge in [-0.2, -0.15) is 0 Å². The lowest BCUT2D eigenvalue weighted by molar-refractivity contribution is -0.174. The van der Waals surface area contributed by atoms with Crippen LogP contribution >= 0.6 is 23.2 Å². The van der Waals surface area contributed by atoms with E-state index in [0.717, 1.165) is 36.6 Å². The lowest BCUT2D eigenvalue weighted by atomic mass is 9.38. The molecule has 8 heteroatoms. The minimum atomic E-state index is -0.591. The predicted octanol–water partition coefficient (Wildman–Crippen LogP) is 4.76. The first-order valence-electron chi connectivity index (χ1n) is 10.6. The lowest BCUT2D eigenvalue weighted by Crippen LogP contribution is -2.75. The van der Waals surface area contributed by atoms with Crippen molar-refractivity contribution in [3.63, 3.8) is 0 Å². The van der Waals surface area contributed by atoms with Crippen molar-refractivity contribution in [2.75, 3.05) is 13.2 Å². The molecule has 1 aliphatic heterocycles. The Balaban J connectivity index is 1.08. The van der Waals surface area contributed by atoms with Crippen molar-refractivity contribution in [3.05, 3.63) is 57.8 Å². The van der Waals surface area contributed by atoms with Crippen LogP contribution in [0, 0.1) is 17.2 Å². The van der Waals surface area contributed by atoms with Gasteiger partial charge in [-0.05, 0) is 60.9 Å². The van der Waals surface area contributed by atoms with Gasteiger partial charge in [-0.1, -0.05) is 29.3 Å². The van der Waals surface area contributed by atoms with Gasteiger partial charge in [0, 0.05) is 23.0 Å². The molecule has 0 aromatic heterocycles. The summed E-state index contributed by atoms with van der Waals surface area (Å²) in [5.74, 6) is 0.245. The van der Waals surface area contributed by atoms with Gasteiger partial charge in [0.25, 0.3) is 5.91 Å². The number of ether oxygens (including phenoxy) is 2. The van der Waals surface area contributed by atoms with Crippen LogP contribution in [0.5, 0.6) is 11.5 Å². The molecule has 6 rings (SSSR count). The molecule has 168 valence electrons. The van der Waals surface area contributed by atoms with Crippen molar-refractivity contribution in [1.82, 2.24) is 5.32 Å². The molecular formula is C24H22Cl2FNO4. The Morgan fingerprint density at radius 3 is 2.69 bits per heavy atom. The van der Waals surface area contributed by atoms with Gasteiger partial charge in [0.2, 0.25) is 0 Å². The minimum absolute atomic E-state index is 0.00362. The van der Waals surface area contributed by atoms with Crippen LogP contribution in [0.25, 0.3) is 0 Å². The van der Waals surface area contributed by atoms with Gasteiger partial charge in [-0.25, -0.2) is 4.39 Å². The van der Waals surface area contributed by atoms with E-state index in [4.69, 9.17) is 32.7 Å². The highest BCUT2D eigenvalue weighted by molar-refractivity contribution is 6.31. The van der Waals surface area contributed by atoms with Crippen LogP contribution in [0.3, 0.4) is 0 Å². The van der Waals surface area contributed by atoms with E-state index in [9.17, 15) is 14.0 Å². The van der Waals surface area contributed by atoms with E-state index in [-0.39, 0.29) is 45.9 Å². The van der Waals surface area contributed by atoms with E-state index in [1.54, 1.807) is 6.07 Å². The predicted molar refractivity (Wildman–Crippen MR) is 118 cm³/mol. The highest BCUT2D eigenvalue weighted by atomic mass is 35.5. The first kappa shape index (κ1) is 21.5. The van der Waals surface area contributed by atoms with E-state index < -0.39 is 5.82 Å². The number of carbonyl (C=O) groups is 2. The monoisotopic (exact) mass is 477 g/mol. The Kier molecular flexibility index (Phi) is 5.33. The summed E-state index contributed by atoms with van der Waals surface area (Å²) in [6.45, 7) is 0.185. The molecule has 1 amide bonds. The molecule has 0 spiro atoms. The fraction of sp³-hybridized carbons (Fsp3) is 0.417. The summed E-state index contributed by atoms with van der Waals surface area (Å²) in [4.78, 5) is 25.2. The van der Waals surface area contributed by atoms with E-state index in [2.05, 4.69) is 5.32 Å². The van der Waals surface area contributed by atoms with Gasteiger partial charge in [0.05, 0.1) is 17.5 Å². The van der Waals surface area contributed by atoms with Gasteiger partial charge in [0.1, 0.15) is 23.1 Å². The van der Waals surface area contributed by atoms with Crippen molar-refractivity contribution >= 4 is 34.9 Å². The van der Waals surface area contributed by atoms with Gasteiger partial charge >= 0.3 is 0 Å². The molecule has 1 N–H and O–H groups in total. The van der Waals surface area contributed by atoms with Crippen LogP contribution in [0.15, 0.2) is 36.4 Å². The van der Waals surface area contributed by atoms with Crippen molar-refractivity contribution in [2.24, 2.45) is 11.3 Å². The molecule has 3 saturated carbocycles. The first-order chi connectivity index (χ1) is 15.2. The quantitative estimate of drug-likeness (QED) is 0.624. The summed E-state index contributed by atoms with van der Waals surface area (Å²) in [5.41, 5.74) is 0.768. The van der Waals surface area contributed by atoms with Crippen molar-refractivity contribution in [2.45, 2.75) is 37.6 Å². The summed E-state index contributed by atoms with van der Waals surface area (Å²) in [7, 11) is 0. The Hall–Kier alpha value is -2.31. The molecular weight excluding hydrogens is 456 g/mol. The van der Waals surface area contributed by atoms with Gasteiger partial charge in [-0.3, -0.25) is 9.59 Å². The molecule has 3 aliphatic carbocycles. The van der Waals surface area contributed by atoms with Crippen molar-refractivity contribution in [1.29, 1.82) is 0 Å². The van der Waals surface area contributed by atoms with Crippen LogP contribution in [-0.2, 0) is 16.0 Å². The highest BCUT2D eigenvalue weighted by Gasteiger charge is 2.68. The normalized spacial score (nSPS) is 27.3. The van der Waals surface area contributed by atoms with Crippen LogP contribution in [0.4, 0.5) is 4.39 Å². The minimum Gasteiger partial charge on any atom is -0.492 e. The lowest BCUT2D eigenvalue weighted by Gasteiger charge is -2.70. The summed E-state index contributed by atoms with van der Waals surface area (Å²) in [6.07, 6.45) is 3.58. The molecule has 3 fully saturated rings. The van der Waals surface area contributed by atoms with Crippen LogP contribution < -0.4 is 14.8 Å². The number of Topliss-reactive ketones (excluding diaryl/α,β-unsaturated/α-hetero) is 1. The second-order valence-electron chi connectivity index (χ2n) is 9.33. The standard InChI is InChI=1S/C24H22Cl2FNO4/c25-16-2-1-14-5-15(9-32-21(14)6-16)20(29)8-23-11-24(12-23,13-23)28-22(30)10-31-17-3-4-18(26)19(27)7-17/h1-4,6-7,15H,5,8-13H2,(H,28,30). The maximum atomic E-state index is 13.5. The number of fused-ring (bicyclic) bond motifs is 1. The number of amides is 1. The molecule has 2 aromatic rings. The number of rotatable bonds is 7. The summed E-state index contributed by atoms with van der Waals surface area (Å²) < 4.78 is 24.6. The van der Waals surface area contributed by atoms with E-state index in [0.29, 0.717) is 24.5 Å². The Morgan fingerprint density at radius 1 is 1.16 bits per heavy atom.